The van der Waals surface area contributed by atoms with Gasteiger partial charge >= 0.3 is 5.97 Å². The summed E-state index contributed by atoms with van der Waals surface area (Å²) in [6, 6.07) is 0. The predicted octanol–water partition coefficient (Wildman–Crippen LogP) is 1.88. The van der Waals surface area contributed by atoms with Gasteiger partial charge in [-0.3, -0.25) is 4.79 Å². The summed E-state index contributed by atoms with van der Waals surface area (Å²) in [4.78, 5) is 10.5. The van der Waals surface area contributed by atoms with E-state index in [0.29, 0.717) is 18.3 Å². The molecule has 0 bridgehead atoms. The number of carboxylic acids is 1. The molecule has 2 heterocycles. The van der Waals surface area contributed by atoms with Gasteiger partial charge in [0.15, 0.2) is 5.79 Å². The summed E-state index contributed by atoms with van der Waals surface area (Å²) in [5.41, 5.74) is 0. The van der Waals surface area contributed by atoms with Gasteiger partial charge in [0.25, 0.3) is 0 Å². The number of ether oxygens (including phenoxy) is 2. The average Bonchev–Trinajstić information content (AvgIpc) is 2.84. The standard InChI is InChI=1S/C11H18O4S/c1-11(9-3-2-6-16-9)14-7-8(15-11)4-5-10(12)13/h8-9H,2-7H2,1H3,(H,12,13). The van der Waals surface area contributed by atoms with Gasteiger partial charge in [0, 0.05) is 6.42 Å². The highest BCUT2D eigenvalue weighted by Crippen LogP contribution is 2.41. The number of carboxylic acid groups (broad SMARTS) is 1. The molecule has 92 valence electrons. The zero-order valence-corrected chi connectivity index (χ0v) is 10.3. The number of thioether (sulfide) groups is 1. The Balaban J connectivity index is 1.83. The van der Waals surface area contributed by atoms with E-state index in [-0.39, 0.29) is 12.5 Å². The first kappa shape index (κ1) is 12.2. The summed E-state index contributed by atoms with van der Waals surface area (Å²) in [7, 11) is 0. The topological polar surface area (TPSA) is 55.8 Å². The van der Waals surface area contributed by atoms with Gasteiger partial charge in [-0.05, 0) is 31.9 Å². The van der Waals surface area contributed by atoms with Gasteiger partial charge in [-0.25, -0.2) is 0 Å². The molecule has 2 saturated heterocycles. The van der Waals surface area contributed by atoms with Crippen molar-refractivity contribution in [3.63, 3.8) is 0 Å². The van der Waals surface area contributed by atoms with Crippen molar-refractivity contribution >= 4 is 17.7 Å². The Labute approximate surface area is 99.7 Å². The molecule has 4 nitrogen and oxygen atoms in total. The van der Waals surface area contributed by atoms with Gasteiger partial charge < -0.3 is 14.6 Å². The molecule has 16 heavy (non-hydrogen) atoms. The van der Waals surface area contributed by atoms with Crippen LogP contribution in [0.4, 0.5) is 0 Å². The molecule has 2 rings (SSSR count). The van der Waals surface area contributed by atoms with Gasteiger partial charge in [0.2, 0.25) is 0 Å². The zero-order chi connectivity index (χ0) is 11.6. The highest BCUT2D eigenvalue weighted by atomic mass is 32.2. The Morgan fingerprint density at radius 3 is 3.06 bits per heavy atom. The first-order valence-electron chi connectivity index (χ1n) is 5.75. The fourth-order valence-corrected chi connectivity index (χ4v) is 3.62. The lowest BCUT2D eigenvalue weighted by Gasteiger charge is -2.29. The monoisotopic (exact) mass is 246 g/mol. The maximum absolute atomic E-state index is 10.5. The number of hydrogen-bond donors (Lipinski definition) is 1. The van der Waals surface area contributed by atoms with Gasteiger partial charge in [-0.1, -0.05) is 0 Å². The van der Waals surface area contributed by atoms with E-state index in [9.17, 15) is 4.79 Å². The molecule has 3 unspecified atom stereocenters. The molecule has 5 heteroatoms. The van der Waals surface area contributed by atoms with Gasteiger partial charge in [0.05, 0.1) is 18.0 Å². The van der Waals surface area contributed by atoms with Crippen LogP contribution in [0.2, 0.25) is 0 Å². The lowest BCUT2D eigenvalue weighted by atomic mass is 10.1. The lowest BCUT2D eigenvalue weighted by molar-refractivity contribution is -0.155. The molecule has 0 aromatic heterocycles. The molecule has 1 N–H and O–H groups in total. The smallest absolute Gasteiger partial charge is 0.303 e. The molecule has 2 aliphatic rings. The van der Waals surface area contributed by atoms with E-state index in [1.165, 1.54) is 12.2 Å². The minimum atomic E-state index is -0.771. The molecule has 3 atom stereocenters. The maximum atomic E-state index is 10.5. The fourth-order valence-electron chi connectivity index (χ4n) is 2.24. The van der Waals surface area contributed by atoms with Crippen molar-refractivity contribution in [1.29, 1.82) is 0 Å². The van der Waals surface area contributed by atoms with E-state index in [2.05, 4.69) is 0 Å². The van der Waals surface area contributed by atoms with Crippen LogP contribution in [-0.2, 0) is 14.3 Å². The van der Waals surface area contributed by atoms with Crippen LogP contribution in [0.15, 0.2) is 0 Å². The molecular weight excluding hydrogens is 228 g/mol. The van der Waals surface area contributed by atoms with Crippen LogP contribution in [0.1, 0.15) is 32.6 Å². The molecule has 2 fully saturated rings. The second kappa shape index (κ2) is 4.94. The highest BCUT2D eigenvalue weighted by molar-refractivity contribution is 8.00. The maximum Gasteiger partial charge on any atom is 0.303 e. The second-order valence-corrected chi connectivity index (χ2v) is 5.81. The second-order valence-electron chi connectivity index (χ2n) is 4.50. The van der Waals surface area contributed by atoms with Crippen molar-refractivity contribution < 1.29 is 19.4 Å². The van der Waals surface area contributed by atoms with Crippen LogP contribution in [0.25, 0.3) is 0 Å². The van der Waals surface area contributed by atoms with E-state index >= 15 is 0 Å². The summed E-state index contributed by atoms with van der Waals surface area (Å²) in [5, 5.41) is 9.02. The summed E-state index contributed by atoms with van der Waals surface area (Å²) >= 11 is 1.90. The number of rotatable bonds is 4. The molecule has 0 spiro atoms. The van der Waals surface area contributed by atoms with Gasteiger partial charge in [-0.2, -0.15) is 11.8 Å². The van der Waals surface area contributed by atoms with Crippen molar-refractivity contribution in [3.8, 4) is 0 Å². The zero-order valence-electron chi connectivity index (χ0n) is 9.48. The predicted molar refractivity (Wildman–Crippen MR) is 61.6 cm³/mol. The van der Waals surface area contributed by atoms with Crippen LogP contribution >= 0.6 is 11.8 Å². The number of hydrogen-bond acceptors (Lipinski definition) is 4. The van der Waals surface area contributed by atoms with E-state index in [1.54, 1.807) is 0 Å². The Kier molecular flexibility index (Phi) is 3.77. The third-order valence-corrected chi connectivity index (χ3v) is 4.74. The van der Waals surface area contributed by atoms with Crippen molar-refractivity contribution in [2.24, 2.45) is 0 Å². The Morgan fingerprint density at radius 1 is 1.62 bits per heavy atom. The quantitative estimate of drug-likeness (QED) is 0.820. The summed E-state index contributed by atoms with van der Waals surface area (Å²) < 4.78 is 11.6. The highest BCUT2D eigenvalue weighted by Gasteiger charge is 2.45. The van der Waals surface area contributed by atoms with Crippen molar-refractivity contribution in [3.05, 3.63) is 0 Å². The summed E-state index contributed by atoms with van der Waals surface area (Å²) in [6.45, 7) is 2.51. The van der Waals surface area contributed by atoms with Crippen LogP contribution in [-0.4, -0.2) is 40.6 Å². The average molecular weight is 246 g/mol. The van der Waals surface area contributed by atoms with Crippen LogP contribution in [0, 0.1) is 0 Å². The summed E-state index contributed by atoms with van der Waals surface area (Å²) in [6.07, 6.45) is 3.00. The largest absolute Gasteiger partial charge is 0.481 e. The first-order valence-corrected chi connectivity index (χ1v) is 6.80. The molecule has 2 aliphatic heterocycles. The third kappa shape index (κ3) is 2.70. The van der Waals surface area contributed by atoms with Crippen LogP contribution in [0.5, 0.6) is 0 Å². The van der Waals surface area contributed by atoms with Gasteiger partial charge in [-0.15, -0.1) is 0 Å². The van der Waals surface area contributed by atoms with E-state index in [1.807, 2.05) is 18.7 Å². The van der Waals surface area contributed by atoms with Crippen molar-refractivity contribution in [2.75, 3.05) is 12.4 Å². The minimum absolute atomic E-state index is 0.0534. The molecule has 0 aromatic carbocycles. The number of carbonyl (C=O) groups is 1. The Morgan fingerprint density at radius 2 is 2.44 bits per heavy atom. The van der Waals surface area contributed by atoms with Crippen LogP contribution in [0.3, 0.4) is 0 Å². The molecule has 0 saturated carbocycles. The fraction of sp³-hybridized carbons (Fsp3) is 0.909. The SMILES string of the molecule is CC1(C2CCCS2)OCC(CCC(=O)O)O1. The Hall–Kier alpha value is -0.260. The normalized spacial score (nSPS) is 39.1. The molecule has 0 aromatic rings. The van der Waals surface area contributed by atoms with Crippen LogP contribution < -0.4 is 0 Å². The number of aliphatic carboxylic acids is 1. The molecular formula is C11H18O4S. The molecule has 0 radical (unpaired) electrons. The van der Waals surface area contributed by atoms with E-state index in [4.69, 9.17) is 14.6 Å². The third-order valence-electron chi connectivity index (χ3n) is 3.15. The van der Waals surface area contributed by atoms with Gasteiger partial charge in [0.1, 0.15) is 0 Å². The minimum Gasteiger partial charge on any atom is -0.481 e. The Bertz CT molecular complexity index is 265. The van der Waals surface area contributed by atoms with E-state index in [0.717, 1.165) is 6.42 Å². The summed E-state index contributed by atoms with van der Waals surface area (Å²) in [5.74, 6) is -0.0932. The molecule has 0 aliphatic carbocycles. The van der Waals surface area contributed by atoms with Crippen molar-refractivity contribution in [2.45, 2.75) is 49.7 Å². The van der Waals surface area contributed by atoms with E-state index < -0.39 is 11.8 Å². The molecule has 0 amide bonds. The van der Waals surface area contributed by atoms with Crippen molar-refractivity contribution in [1.82, 2.24) is 0 Å². The lowest BCUT2D eigenvalue weighted by Crippen LogP contribution is -2.37. The first-order chi connectivity index (χ1) is 7.60.